The van der Waals surface area contributed by atoms with E-state index in [9.17, 15) is 0 Å². The van der Waals surface area contributed by atoms with E-state index in [4.69, 9.17) is 26.1 Å². The Balaban J connectivity index is 1.85. The number of pyridine rings is 1. The lowest BCUT2D eigenvalue weighted by molar-refractivity contribution is 0.302. The van der Waals surface area contributed by atoms with Gasteiger partial charge in [-0.15, -0.1) is 0 Å². The summed E-state index contributed by atoms with van der Waals surface area (Å²) in [4.78, 5) is 12.6. The lowest BCUT2D eigenvalue weighted by Crippen LogP contribution is -2.00. The van der Waals surface area contributed by atoms with E-state index in [0.717, 1.165) is 58.2 Å². The Morgan fingerprint density at radius 3 is 2.28 bits per heavy atom. The van der Waals surface area contributed by atoms with Gasteiger partial charge in [-0.2, -0.15) is 0 Å². The maximum Gasteiger partial charge on any atom is 0.138 e. The number of hydrogen-bond donors (Lipinski definition) is 1. The van der Waals surface area contributed by atoms with Crippen LogP contribution in [0.15, 0.2) is 67.0 Å². The predicted molar refractivity (Wildman–Crippen MR) is 129 cm³/mol. The van der Waals surface area contributed by atoms with Crippen molar-refractivity contribution in [2.45, 2.75) is 26.7 Å². The van der Waals surface area contributed by atoms with Gasteiger partial charge in [0.1, 0.15) is 17.3 Å². The highest BCUT2D eigenvalue weighted by atomic mass is 35.5. The number of benzene rings is 2. The van der Waals surface area contributed by atoms with Crippen molar-refractivity contribution in [3.63, 3.8) is 0 Å². The van der Waals surface area contributed by atoms with E-state index < -0.39 is 0 Å². The van der Waals surface area contributed by atoms with Crippen molar-refractivity contribution in [1.29, 1.82) is 0 Å². The third-order valence-corrected chi connectivity index (χ3v) is 5.18. The van der Waals surface area contributed by atoms with Crippen LogP contribution in [0, 0.1) is 0 Å². The van der Waals surface area contributed by atoms with Crippen LogP contribution in [-0.4, -0.2) is 28.2 Å². The fraction of sp³-hybridized carbons (Fsp3) is 0.231. The molecule has 0 radical (unpaired) electrons. The molecule has 6 heteroatoms. The molecule has 0 aliphatic heterocycles. The van der Waals surface area contributed by atoms with Crippen LogP contribution >= 0.6 is 11.6 Å². The summed E-state index contributed by atoms with van der Waals surface area (Å²) in [7, 11) is 0. The molecule has 0 bridgehead atoms. The van der Waals surface area contributed by atoms with Crippen LogP contribution < -0.4 is 9.47 Å². The first-order chi connectivity index (χ1) is 15.7. The van der Waals surface area contributed by atoms with Crippen molar-refractivity contribution < 1.29 is 9.47 Å². The van der Waals surface area contributed by atoms with Crippen molar-refractivity contribution in [3.8, 4) is 45.4 Å². The molecule has 5 nitrogen and oxygen atoms in total. The molecule has 0 aliphatic rings. The number of ether oxygens (including phenoxy) is 2. The molecule has 1 N–H and O–H groups in total. The van der Waals surface area contributed by atoms with E-state index in [-0.39, 0.29) is 0 Å². The number of hydrogen-bond acceptors (Lipinski definition) is 4. The van der Waals surface area contributed by atoms with Crippen LogP contribution in [0.4, 0.5) is 0 Å². The average Bonchev–Trinajstić information content (AvgIpc) is 3.27. The second-order valence-electron chi connectivity index (χ2n) is 7.41. The summed E-state index contributed by atoms with van der Waals surface area (Å²) >= 11 is 6.08. The van der Waals surface area contributed by atoms with E-state index in [1.54, 1.807) is 12.4 Å². The Hall–Kier alpha value is -3.31. The summed E-state index contributed by atoms with van der Waals surface area (Å²) in [6.07, 6.45) is 5.40. The number of halogens is 1. The van der Waals surface area contributed by atoms with Gasteiger partial charge in [0.05, 0.1) is 24.6 Å². The number of aromatic nitrogens is 3. The number of H-pyrrole nitrogens is 1. The first-order valence-electron chi connectivity index (χ1n) is 10.9. The van der Waals surface area contributed by atoms with Gasteiger partial charge in [-0.05, 0) is 61.4 Å². The molecule has 2 aromatic carbocycles. The van der Waals surface area contributed by atoms with Crippen molar-refractivity contribution in [1.82, 2.24) is 15.0 Å². The zero-order valence-corrected chi connectivity index (χ0v) is 19.0. The van der Waals surface area contributed by atoms with Gasteiger partial charge in [-0.25, -0.2) is 4.98 Å². The summed E-state index contributed by atoms with van der Waals surface area (Å²) in [5, 5.41) is 0.688. The van der Waals surface area contributed by atoms with Crippen LogP contribution in [0.1, 0.15) is 26.7 Å². The fourth-order valence-corrected chi connectivity index (χ4v) is 3.51. The quantitative estimate of drug-likeness (QED) is 0.299. The first kappa shape index (κ1) is 21.9. The molecule has 0 saturated heterocycles. The molecule has 164 valence electrons. The normalized spacial score (nSPS) is 10.8. The molecule has 4 rings (SSSR count). The third-order valence-electron chi connectivity index (χ3n) is 4.93. The van der Waals surface area contributed by atoms with Crippen LogP contribution in [0.2, 0.25) is 5.02 Å². The highest BCUT2D eigenvalue weighted by Gasteiger charge is 2.19. The Labute approximate surface area is 193 Å². The maximum atomic E-state index is 6.13. The lowest BCUT2D eigenvalue weighted by atomic mass is 10.0. The molecular formula is C26H26ClN3O2. The second-order valence-corrected chi connectivity index (χ2v) is 7.84. The van der Waals surface area contributed by atoms with Gasteiger partial charge in [0.2, 0.25) is 0 Å². The Kier molecular flexibility index (Phi) is 7.07. The summed E-state index contributed by atoms with van der Waals surface area (Å²) in [6, 6.07) is 17.5. The number of rotatable bonds is 9. The van der Waals surface area contributed by atoms with Gasteiger partial charge in [0.25, 0.3) is 0 Å². The smallest absolute Gasteiger partial charge is 0.138 e. The largest absolute Gasteiger partial charge is 0.493 e. The molecule has 0 unspecified atom stereocenters. The van der Waals surface area contributed by atoms with Gasteiger partial charge in [0.15, 0.2) is 0 Å². The Morgan fingerprint density at radius 2 is 1.56 bits per heavy atom. The van der Waals surface area contributed by atoms with E-state index in [1.807, 2.05) is 54.6 Å². The van der Waals surface area contributed by atoms with Gasteiger partial charge in [0, 0.05) is 40.2 Å². The topological polar surface area (TPSA) is 60.0 Å². The zero-order valence-electron chi connectivity index (χ0n) is 18.3. The molecule has 0 spiro atoms. The fourth-order valence-electron chi connectivity index (χ4n) is 3.38. The molecular weight excluding hydrogens is 422 g/mol. The van der Waals surface area contributed by atoms with Crippen molar-refractivity contribution in [2.75, 3.05) is 13.2 Å². The number of nitrogens with zero attached hydrogens (tertiary/aromatic N) is 2. The highest BCUT2D eigenvalue weighted by molar-refractivity contribution is 6.30. The average molecular weight is 448 g/mol. The highest BCUT2D eigenvalue weighted by Crippen LogP contribution is 2.39. The molecule has 32 heavy (non-hydrogen) atoms. The monoisotopic (exact) mass is 447 g/mol. The number of imidazole rings is 1. The van der Waals surface area contributed by atoms with Crippen LogP contribution in [0.25, 0.3) is 33.9 Å². The third kappa shape index (κ3) is 4.94. The van der Waals surface area contributed by atoms with Crippen molar-refractivity contribution in [3.05, 3.63) is 72.0 Å². The Morgan fingerprint density at radius 1 is 0.844 bits per heavy atom. The van der Waals surface area contributed by atoms with E-state index >= 15 is 0 Å². The van der Waals surface area contributed by atoms with Gasteiger partial charge < -0.3 is 14.5 Å². The van der Waals surface area contributed by atoms with Crippen molar-refractivity contribution in [2.24, 2.45) is 0 Å². The van der Waals surface area contributed by atoms with Crippen molar-refractivity contribution >= 4 is 11.6 Å². The predicted octanol–water partition coefficient (Wildman–Crippen LogP) is 7.04. The van der Waals surface area contributed by atoms with Gasteiger partial charge >= 0.3 is 0 Å². The summed E-state index contributed by atoms with van der Waals surface area (Å²) < 4.78 is 12.0. The number of aromatic amines is 1. The van der Waals surface area contributed by atoms with Crippen LogP contribution in [0.3, 0.4) is 0 Å². The number of nitrogens with one attached hydrogen (secondary N) is 1. The molecule has 0 aliphatic carbocycles. The zero-order chi connectivity index (χ0) is 22.3. The minimum absolute atomic E-state index is 0.618. The summed E-state index contributed by atoms with van der Waals surface area (Å²) in [5.41, 5.74) is 4.58. The first-order valence-corrected chi connectivity index (χ1v) is 11.2. The Bertz CT molecular complexity index is 1160. The maximum absolute atomic E-state index is 6.13. The minimum Gasteiger partial charge on any atom is -0.493 e. The molecule has 0 fully saturated rings. The molecule has 0 saturated carbocycles. The van der Waals surface area contributed by atoms with E-state index in [2.05, 4.69) is 23.8 Å². The second kappa shape index (κ2) is 10.3. The minimum atomic E-state index is 0.618. The molecule has 0 amide bonds. The SMILES string of the molecule is CCCOc1ccc(-c2[nH]c(-c3ccc(Cl)cc3)nc2-c2ccncc2)c(OCCC)c1. The standard InChI is InChI=1S/C26H26ClN3O2/c1-3-15-31-21-9-10-22(23(17-21)32-16-4-2)25-24(18-11-13-28-14-12-18)29-26(30-25)19-5-7-20(27)8-6-19/h5-14,17H,3-4,15-16H2,1-2H3,(H,29,30). The van der Waals surface area contributed by atoms with Crippen LogP contribution in [-0.2, 0) is 0 Å². The van der Waals surface area contributed by atoms with Gasteiger partial charge in [-0.1, -0.05) is 25.4 Å². The molecule has 4 aromatic rings. The molecule has 2 heterocycles. The summed E-state index contributed by atoms with van der Waals surface area (Å²) in [5.74, 6) is 2.32. The molecule has 2 aromatic heterocycles. The van der Waals surface area contributed by atoms with Gasteiger partial charge in [-0.3, -0.25) is 4.98 Å². The summed E-state index contributed by atoms with van der Waals surface area (Å²) in [6.45, 7) is 5.47. The van der Waals surface area contributed by atoms with E-state index in [0.29, 0.717) is 18.2 Å². The van der Waals surface area contributed by atoms with Crippen LogP contribution in [0.5, 0.6) is 11.5 Å². The van der Waals surface area contributed by atoms with E-state index in [1.165, 1.54) is 0 Å². The molecule has 0 atom stereocenters. The lowest BCUT2D eigenvalue weighted by Gasteiger charge is -2.14.